The van der Waals surface area contributed by atoms with Crippen molar-refractivity contribution in [2.24, 2.45) is 5.41 Å². The van der Waals surface area contributed by atoms with E-state index < -0.39 is 40.0 Å². The summed E-state index contributed by atoms with van der Waals surface area (Å²) in [5.74, 6) is -2.48. The molecule has 3 fully saturated rings. The quantitative estimate of drug-likeness (QED) is 0.435. The molecule has 3 saturated carbocycles. The molecule has 0 saturated heterocycles. The summed E-state index contributed by atoms with van der Waals surface area (Å²) < 4.78 is 89.5. The lowest BCUT2D eigenvalue weighted by Gasteiger charge is -2.66. The summed E-state index contributed by atoms with van der Waals surface area (Å²) in [6, 6.07) is 6.00. The molecule has 11 nitrogen and oxygen atoms in total. The van der Waals surface area contributed by atoms with Gasteiger partial charge in [0.15, 0.2) is 23.7 Å². The fraction of sp³-hybridized carbons (Fsp3) is 0.318. The van der Waals surface area contributed by atoms with Gasteiger partial charge >= 0.3 is 12.1 Å². The van der Waals surface area contributed by atoms with Crippen LogP contribution in [0.25, 0.3) is 22.7 Å². The summed E-state index contributed by atoms with van der Waals surface area (Å²) in [6.07, 6.45) is 0.190. The first-order valence-electron chi connectivity index (χ1n) is 11.8. The number of nitrogens with two attached hydrogens (primary N) is 1. The number of carbonyl (C=O) groups is 1. The second-order valence-corrected chi connectivity index (χ2v) is 10.4. The maximum atomic E-state index is 13.1. The number of aryl methyl sites for hydroxylation is 1. The summed E-state index contributed by atoms with van der Waals surface area (Å²) in [5.41, 5.74) is 5.13. The predicted octanol–water partition coefficient (Wildman–Crippen LogP) is 3.05. The molecule has 194 valence electrons. The fourth-order valence-corrected chi connectivity index (χ4v) is 5.73. The van der Waals surface area contributed by atoms with Crippen LogP contribution in [0.4, 0.5) is 19.0 Å². The third-order valence-corrected chi connectivity index (χ3v) is 7.48. The second kappa shape index (κ2) is 8.82. The number of anilines is 1. The SMILES string of the molecule is O=C(O)C(F)(F)F.[2H]C([2H])([2H])c1ccc(S(=O)(=O)NC23CC(C#N)(C2)C3)cc1-c1cnc(N)c(-c2cnco2)n1. The van der Waals surface area contributed by atoms with Crippen LogP contribution in [0.15, 0.2) is 46.3 Å². The van der Waals surface area contributed by atoms with E-state index in [1.54, 1.807) is 0 Å². The van der Waals surface area contributed by atoms with Crippen LogP contribution in [-0.2, 0) is 14.8 Å². The van der Waals surface area contributed by atoms with Gasteiger partial charge in [-0.1, -0.05) is 6.07 Å². The monoisotopic (exact) mass is 539 g/mol. The summed E-state index contributed by atoms with van der Waals surface area (Å²) in [4.78, 5) is 21.1. The van der Waals surface area contributed by atoms with E-state index in [1.165, 1.54) is 37.0 Å². The molecule has 6 rings (SSSR count). The Morgan fingerprint density at radius 3 is 2.54 bits per heavy atom. The standard InChI is InChI=1S/C20H18N6O3S.C2HF3O2/c1-12-2-3-13(30(27,28)26-20-7-19(8-20,9-20)10-21)4-14(12)15-5-24-18(22)17(25-15)16-6-23-11-29-16;3-2(4,5)1(6)7/h2-6,11,26H,7-9H2,1H3,(H2,22,24);(H,6,7)/i1D3;. The van der Waals surface area contributed by atoms with Gasteiger partial charge in [-0.05, 0) is 43.8 Å². The van der Waals surface area contributed by atoms with Crippen LogP contribution in [-0.4, -0.2) is 46.2 Å². The number of carboxylic acid groups (broad SMARTS) is 1. The van der Waals surface area contributed by atoms with Crippen molar-refractivity contribution < 1.29 is 40.0 Å². The van der Waals surface area contributed by atoms with E-state index in [-0.39, 0.29) is 39.0 Å². The Labute approximate surface area is 212 Å². The van der Waals surface area contributed by atoms with Crippen molar-refractivity contribution in [2.75, 3.05) is 5.73 Å². The number of nitrogens with zero attached hydrogens (tertiary/aromatic N) is 4. The Balaban J connectivity index is 0.000000470. The number of carboxylic acids is 1. The van der Waals surface area contributed by atoms with Gasteiger partial charge in [0, 0.05) is 15.2 Å². The third-order valence-electron chi connectivity index (χ3n) is 5.90. The minimum Gasteiger partial charge on any atom is -0.475 e. The van der Waals surface area contributed by atoms with E-state index in [4.69, 9.17) is 24.2 Å². The Bertz CT molecular complexity index is 1600. The van der Waals surface area contributed by atoms with Gasteiger partial charge in [0.05, 0.1) is 34.5 Å². The van der Waals surface area contributed by atoms with Crippen molar-refractivity contribution in [3.05, 3.63) is 42.5 Å². The Morgan fingerprint density at radius 1 is 1.32 bits per heavy atom. The molecule has 15 heteroatoms. The molecular weight excluding hydrogens is 517 g/mol. The normalized spacial score (nSPS) is 23.6. The van der Waals surface area contributed by atoms with E-state index in [0.29, 0.717) is 19.3 Å². The first-order valence-corrected chi connectivity index (χ1v) is 11.8. The van der Waals surface area contributed by atoms with Crippen LogP contribution in [0.5, 0.6) is 0 Å². The lowest BCUT2D eigenvalue weighted by atomic mass is 9.40. The van der Waals surface area contributed by atoms with E-state index in [2.05, 4.69) is 25.7 Å². The van der Waals surface area contributed by atoms with E-state index in [9.17, 15) is 26.9 Å². The maximum Gasteiger partial charge on any atom is 0.490 e. The molecule has 0 atom stereocenters. The highest BCUT2D eigenvalue weighted by Gasteiger charge is 2.69. The molecule has 1 aromatic carbocycles. The highest BCUT2D eigenvalue weighted by molar-refractivity contribution is 7.89. The zero-order valence-corrected chi connectivity index (χ0v) is 19.4. The summed E-state index contributed by atoms with van der Waals surface area (Å²) in [6.45, 7) is -2.53. The number of benzene rings is 1. The van der Waals surface area contributed by atoms with E-state index in [0.717, 1.165) is 0 Å². The molecule has 4 N–H and O–H groups in total. The van der Waals surface area contributed by atoms with Gasteiger partial charge in [-0.3, -0.25) is 0 Å². The lowest BCUT2D eigenvalue weighted by molar-refractivity contribution is -0.192. The minimum absolute atomic E-state index is 0.0476. The molecule has 0 radical (unpaired) electrons. The molecule has 0 aliphatic heterocycles. The van der Waals surface area contributed by atoms with E-state index >= 15 is 0 Å². The average Bonchev–Trinajstić information content (AvgIpc) is 3.34. The molecule has 3 aliphatic rings. The number of alkyl halides is 3. The molecule has 0 unspecified atom stereocenters. The highest BCUT2D eigenvalue weighted by Crippen LogP contribution is 2.67. The number of oxazole rings is 1. The minimum atomic E-state index is -5.08. The number of rotatable bonds is 5. The molecular formula is C22H19F3N6O5S. The maximum absolute atomic E-state index is 13.1. The highest BCUT2D eigenvalue weighted by atomic mass is 32.2. The number of halogens is 3. The summed E-state index contributed by atoms with van der Waals surface area (Å²) >= 11 is 0. The van der Waals surface area contributed by atoms with Gasteiger partial charge in [-0.2, -0.15) is 18.4 Å². The molecule has 2 aromatic heterocycles. The smallest absolute Gasteiger partial charge is 0.475 e. The molecule has 2 heterocycles. The number of aromatic nitrogens is 3. The van der Waals surface area contributed by atoms with Gasteiger partial charge in [0.2, 0.25) is 10.0 Å². The van der Waals surface area contributed by atoms with Crippen molar-refractivity contribution in [2.45, 2.75) is 42.7 Å². The van der Waals surface area contributed by atoms with Gasteiger partial charge in [0.1, 0.15) is 0 Å². The van der Waals surface area contributed by atoms with Crippen LogP contribution < -0.4 is 10.5 Å². The van der Waals surface area contributed by atoms with Gasteiger partial charge in [-0.15, -0.1) is 0 Å². The van der Waals surface area contributed by atoms with Crippen LogP contribution in [0.1, 0.15) is 28.9 Å². The Morgan fingerprint density at radius 2 is 2.00 bits per heavy atom. The summed E-state index contributed by atoms with van der Waals surface area (Å²) in [7, 11) is -3.97. The number of hydrogen-bond donors (Lipinski definition) is 3. The molecule has 3 aliphatic carbocycles. The van der Waals surface area contributed by atoms with Crippen molar-refractivity contribution in [3.63, 3.8) is 0 Å². The van der Waals surface area contributed by atoms with Gasteiger partial charge < -0.3 is 15.3 Å². The largest absolute Gasteiger partial charge is 0.490 e. The van der Waals surface area contributed by atoms with Gasteiger partial charge in [0.25, 0.3) is 0 Å². The van der Waals surface area contributed by atoms with Crippen molar-refractivity contribution >= 4 is 21.8 Å². The first-order chi connectivity index (χ1) is 18.4. The van der Waals surface area contributed by atoms with Crippen molar-refractivity contribution in [1.29, 1.82) is 5.26 Å². The predicted molar refractivity (Wildman–Crippen MR) is 121 cm³/mol. The number of nitrogens with one attached hydrogen (secondary N) is 1. The van der Waals surface area contributed by atoms with Gasteiger partial charge in [-0.25, -0.2) is 32.9 Å². The van der Waals surface area contributed by atoms with Crippen molar-refractivity contribution in [3.8, 4) is 28.8 Å². The number of sulfonamides is 1. The summed E-state index contributed by atoms with van der Waals surface area (Å²) in [5, 5.41) is 16.3. The fourth-order valence-electron chi connectivity index (χ4n) is 4.30. The topological polar surface area (TPSA) is 185 Å². The average molecular weight is 540 g/mol. The third kappa shape index (κ3) is 4.98. The number of hydrogen-bond acceptors (Lipinski definition) is 9. The molecule has 3 aromatic rings. The number of nitrogen functional groups attached to an aromatic ring is 1. The van der Waals surface area contributed by atoms with Crippen LogP contribution in [0, 0.1) is 23.6 Å². The number of nitriles is 1. The second-order valence-electron chi connectivity index (χ2n) is 8.67. The van der Waals surface area contributed by atoms with E-state index in [1.807, 2.05) is 0 Å². The Kier molecular flexibility index (Phi) is 5.29. The van der Waals surface area contributed by atoms with Crippen LogP contribution in [0.3, 0.4) is 0 Å². The first kappa shape index (κ1) is 22.2. The van der Waals surface area contributed by atoms with Crippen LogP contribution in [0.2, 0.25) is 0 Å². The van der Waals surface area contributed by atoms with Crippen molar-refractivity contribution in [1.82, 2.24) is 19.7 Å². The zero-order chi connectivity index (χ0) is 29.7. The molecule has 37 heavy (non-hydrogen) atoms. The Hall–Kier alpha value is -4.03. The van der Waals surface area contributed by atoms with Crippen LogP contribution >= 0.6 is 0 Å². The number of aliphatic carboxylic acids is 1. The zero-order valence-electron chi connectivity index (χ0n) is 21.6. The molecule has 0 amide bonds. The molecule has 2 bridgehead atoms. The lowest BCUT2D eigenvalue weighted by Crippen LogP contribution is -2.74. The molecule has 0 spiro atoms.